The normalized spacial score (nSPS) is 23.4. The van der Waals surface area contributed by atoms with Gasteiger partial charge in [-0.05, 0) is 24.5 Å². The molecule has 1 aromatic rings. The highest BCUT2D eigenvalue weighted by molar-refractivity contribution is 5.94. The molecule has 0 unspecified atom stereocenters. The molecule has 0 spiro atoms. The van der Waals surface area contributed by atoms with Gasteiger partial charge in [0, 0.05) is 35.8 Å². The van der Waals surface area contributed by atoms with Crippen LogP contribution < -0.4 is 4.90 Å². The second kappa shape index (κ2) is 5.32. The molecule has 112 valence electrons. The highest BCUT2D eigenvalue weighted by Gasteiger charge is 2.38. The van der Waals surface area contributed by atoms with E-state index < -0.39 is 0 Å². The average Bonchev–Trinajstić information content (AvgIpc) is 2.70. The molecule has 0 aromatic heterocycles. The third-order valence-corrected chi connectivity index (χ3v) is 5.23. The van der Waals surface area contributed by atoms with Gasteiger partial charge in [0.15, 0.2) is 5.78 Å². The Hall–Kier alpha value is -1.57. The van der Waals surface area contributed by atoms with Crippen LogP contribution in [0.2, 0.25) is 0 Å². The van der Waals surface area contributed by atoms with Crippen molar-refractivity contribution in [2.45, 2.75) is 51.4 Å². The number of para-hydroxylation sites is 1. The molecule has 0 N–H and O–H groups in total. The largest absolute Gasteiger partial charge is 0.347 e. The second-order valence-corrected chi connectivity index (χ2v) is 6.97. The van der Waals surface area contributed by atoms with Gasteiger partial charge in [0.2, 0.25) is 0 Å². The Labute approximate surface area is 127 Å². The van der Waals surface area contributed by atoms with Crippen LogP contribution in [0.4, 0.5) is 5.69 Å². The quantitative estimate of drug-likeness (QED) is 0.747. The number of anilines is 1. The summed E-state index contributed by atoms with van der Waals surface area (Å²) >= 11 is 0. The predicted molar refractivity (Wildman–Crippen MR) is 87.5 cm³/mol. The summed E-state index contributed by atoms with van der Waals surface area (Å²) in [5.41, 5.74) is 3.59. The third kappa shape index (κ3) is 2.41. The van der Waals surface area contributed by atoms with Crippen LogP contribution in [0.3, 0.4) is 0 Å². The fraction of sp³-hybridized carbons (Fsp3) is 0.526. The Balaban J connectivity index is 1.92. The van der Waals surface area contributed by atoms with Crippen LogP contribution >= 0.6 is 0 Å². The van der Waals surface area contributed by atoms with Gasteiger partial charge in [-0.1, -0.05) is 51.3 Å². The Kier molecular flexibility index (Phi) is 3.64. The molecule has 2 heteroatoms. The van der Waals surface area contributed by atoms with Crippen LogP contribution in [-0.4, -0.2) is 12.8 Å². The minimum atomic E-state index is -0.0876. The zero-order chi connectivity index (χ0) is 15.0. The second-order valence-electron chi connectivity index (χ2n) is 6.97. The summed E-state index contributed by atoms with van der Waals surface area (Å²) in [4.78, 5) is 14.8. The van der Waals surface area contributed by atoms with E-state index in [2.05, 4.69) is 50.1 Å². The van der Waals surface area contributed by atoms with Gasteiger partial charge >= 0.3 is 0 Å². The first-order chi connectivity index (χ1) is 10.0. The summed E-state index contributed by atoms with van der Waals surface area (Å²) < 4.78 is 0. The molecule has 3 rings (SSSR count). The molecule has 1 aromatic carbocycles. The van der Waals surface area contributed by atoms with Crippen molar-refractivity contribution < 1.29 is 4.79 Å². The number of rotatable bonds is 2. The highest BCUT2D eigenvalue weighted by Crippen LogP contribution is 2.46. The third-order valence-electron chi connectivity index (χ3n) is 5.23. The average molecular weight is 283 g/mol. The summed E-state index contributed by atoms with van der Waals surface area (Å²) in [5, 5.41) is 0. The lowest BCUT2D eigenvalue weighted by atomic mass is 9.81. The molecule has 2 aliphatic rings. The molecule has 0 radical (unpaired) electrons. The first kappa shape index (κ1) is 14.4. The number of benzene rings is 1. The van der Waals surface area contributed by atoms with Crippen molar-refractivity contribution in [3.8, 4) is 0 Å². The monoisotopic (exact) mass is 283 g/mol. The summed E-state index contributed by atoms with van der Waals surface area (Å²) in [6.45, 7) is 4.44. The molecule has 0 bridgehead atoms. The minimum Gasteiger partial charge on any atom is -0.347 e. The minimum absolute atomic E-state index is 0.0876. The summed E-state index contributed by atoms with van der Waals surface area (Å²) in [6, 6.07) is 8.47. The highest BCUT2D eigenvalue weighted by atomic mass is 16.1. The maximum atomic E-state index is 12.6. The molecular weight excluding hydrogens is 258 g/mol. The lowest BCUT2D eigenvalue weighted by molar-refractivity contribution is -0.119. The van der Waals surface area contributed by atoms with Crippen molar-refractivity contribution in [1.82, 2.24) is 0 Å². The van der Waals surface area contributed by atoms with Crippen molar-refractivity contribution in [2.24, 2.45) is 5.92 Å². The Morgan fingerprint density at radius 3 is 2.52 bits per heavy atom. The maximum Gasteiger partial charge on any atom is 0.160 e. The number of allylic oxidation sites excluding steroid dienone is 2. The molecule has 0 saturated heterocycles. The molecular formula is C19H25NO. The standard InChI is InChI=1S/C19H25NO/c1-19(2)15-11-7-8-12-16(15)20(3)18(19)13-17(21)14-9-5-4-6-10-14/h7-8,11-14H,4-6,9-10H2,1-3H3/b18-13-. The van der Waals surface area contributed by atoms with Gasteiger partial charge in [-0.15, -0.1) is 0 Å². The van der Waals surface area contributed by atoms with E-state index in [1.807, 2.05) is 6.08 Å². The fourth-order valence-corrected chi connectivity index (χ4v) is 3.90. The van der Waals surface area contributed by atoms with Gasteiger partial charge in [-0.2, -0.15) is 0 Å². The molecule has 1 fully saturated rings. The molecule has 1 aliphatic heterocycles. The van der Waals surface area contributed by atoms with Crippen molar-refractivity contribution in [3.63, 3.8) is 0 Å². The van der Waals surface area contributed by atoms with E-state index in [1.54, 1.807) is 0 Å². The lowest BCUT2D eigenvalue weighted by Crippen LogP contribution is -2.26. The number of carbonyl (C=O) groups excluding carboxylic acids is 1. The lowest BCUT2D eigenvalue weighted by Gasteiger charge is -2.25. The van der Waals surface area contributed by atoms with Gasteiger partial charge in [0.1, 0.15) is 0 Å². The Bertz CT molecular complexity index is 579. The summed E-state index contributed by atoms with van der Waals surface area (Å²) in [7, 11) is 2.08. The van der Waals surface area contributed by atoms with Crippen LogP contribution in [-0.2, 0) is 10.2 Å². The van der Waals surface area contributed by atoms with E-state index in [9.17, 15) is 4.79 Å². The van der Waals surface area contributed by atoms with E-state index in [0.717, 1.165) is 18.5 Å². The molecule has 1 aliphatic carbocycles. The smallest absolute Gasteiger partial charge is 0.160 e. The van der Waals surface area contributed by atoms with Crippen LogP contribution in [0, 0.1) is 5.92 Å². The van der Waals surface area contributed by atoms with Gasteiger partial charge < -0.3 is 4.90 Å². The molecule has 2 nitrogen and oxygen atoms in total. The van der Waals surface area contributed by atoms with Gasteiger partial charge in [-0.25, -0.2) is 0 Å². The molecule has 1 heterocycles. The van der Waals surface area contributed by atoms with E-state index in [4.69, 9.17) is 0 Å². The number of fused-ring (bicyclic) bond motifs is 1. The Morgan fingerprint density at radius 2 is 1.86 bits per heavy atom. The fourth-order valence-electron chi connectivity index (χ4n) is 3.90. The van der Waals surface area contributed by atoms with Crippen molar-refractivity contribution in [2.75, 3.05) is 11.9 Å². The zero-order valence-corrected chi connectivity index (χ0v) is 13.4. The zero-order valence-electron chi connectivity index (χ0n) is 13.4. The van der Waals surface area contributed by atoms with Crippen LogP contribution in [0.25, 0.3) is 0 Å². The van der Waals surface area contributed by atoms with E-state index in [0.29, 0.717) is 5.78 Å². The van der Waals surface area contributed by atoms with E-state index in [-0.39, 0.29) is 11.3 Å². The predicted octanol–water partition coefficient (Wildman–Crippen LogP) is 4.45. The summed E-state index contributed by atoms with van der Waals surface area (Å²) in [5.74, 6) is 0.580. The van der Waals surface area contributed by atoms with Gasteiger partial charge in [-0.3, -0.25) is 4.79 Å². The van der Waals surface area contributed by atoms with Crippen LogP contribution in [0.15, 0.2) is 36.0 Å². The van der Waals surface area contributed by atoms with E-state index in [1.165, 1.54) is 30.5 Å². The number of nitrogens with zero attached hydrogens (tertiary/aromatic N) is 1. The number of ketones is 1. The SMILES string of the molecule is CN1/C(=C\C(=O)C2CCCCC2)C(C)(C)c2ccccc21. The number of carbonyl (C=O) groups is 1. The molecule has 0 amide bonds. The van der Waals surface area contributed by atoms with Crippen molar-refractivity contribution in [3.05, 3.63) is 41.6 Å². The number of likely N-dealkylation sites (N-methyl/N-ethyl adjacent to an activating group) is 1. The summed E-state index contributed by atoms with van der Waals surface area (Å²) in [6.07, 6.45) is 7.77. The molecule has 21 heavy (non-hydrogen) atoms. The maximum absolute atomic E-state index is 12.6. The van der Waals surface area contributed by atoms with Gasteiger partial charge in [0.05, 0.1) is 0 Å². The van der Waals surface area contributed by atoms with E-state index >= 15 is 0 Å². The van der Waals surface area contributed by atoms with Crippen LogP contribution in [0.1, 0.15) is 51.5 Å². The number of hydrogen-bond acceptors (Lipinski definition) is 2. The van der Waals surface area contributed by atoms with Gasteiger partial charge in [0.25, 0.3) is 0 Å². The molecule has 0 atom stereocenters. The van der Waals surface area contributed by atoms with Crippen LogP contribution in [0.5, 0.6) is 0 Å². The topological polar surface area (TPSA) is 20.3 Å². The first-order valence-corrected chi connectivity index (χ1v) is 8.11. The van der Waals surface area contributed by atoms with Crippen molar-refractivity contribution in [1.29, 1.82) is 0 Å². The Morgan fingerprint density at radius 1 is 1.19 bits per heavy atom. The van der Waals surface area contributed by atoms with Crippen molar-refractivity contribution >= 4 is 11.5 Å². The number of hydrogen-bond donors (Lipinski definition) is 0. The first-order valence-electron chi connectivity index (χ1n) is 8.11. The molecule has 1 saturated carbocycles.